The van der Waals surface area contributed by atoms with E-state index in [4.69, 9.17) is 9.26 Å². The lowest BCUT2D eigenvalue weighted by Gasteiger charge is -2.24. The van der Waals surface area contributed by atoms with Gasteiger partial charge in [0.15, 0.2) is 12.4 Å². The minimum Gasteiger partial charge on any atom is -0.452 e. The maximum Gasteiger partial charge on any atom is 0.338 e. The van der Waals surface area contributed by atoms with Gasteiger partial charge in [0, 0.05) is 12.0 Å². The molecule has 4 rings (SSSR count). The van der Waals surface area contributed by atoms with E-state index in [0.29, 0.717) is 17.9 Å². The predicted octanol–water partition coefficient (Wildman–Crippen LogP) is 3.69. The zero-order valence-corrected chi connectivity index (χ0v) is 18.3. The normalized spacial score (nSPS) is 15.9. The second-order valence-electron chi connectivity index (χ2n) is 7.79. The van der Waals surface area contributed by atoms with Crippen molar-refractivity contribution in [1.82, 2.24) is 10.1 Å². The summed E-state index contributed by atoms with van der Waals surface area (Å²) in [4.78, 5) is 16.7. The lowest BCUT2D eigenvalue weighted by atomic mass is 10.1. The standard InChI is InChI=1S/C22H23N3O5S/c1-14(2)21-23-20(30-24-21)13-29-22(26)17-8-6-9-18(12-17)31(27,28)25-15(3)11-16-7-4-5-10-19(16)25/h4-10,12,14-15H,11,13H2,1-3H3. The second-order valence-corrected chi connectivity index (χ2v) is 9.60. The van der Waals surface area contributed by atoms with E-state index in [0.717, 1.165) is 5.56 Å². The lowest BCUT2D eigenvalue weighted by Crippen LogP contribution is -2.35. The predicted molar refractivity (Wildman–Crippen MR) is 113 cm³/mol. The van der Waals surface area contributed by atoms with Crippen LogP contribution in [0.5, 0.6) is 0 Å². The smallest absolute Gasteiger partial charge is 0.338 e. The average Bonchev–Trinajstić information content (AvgIpc) is 3.36. The van der Waals surface area contributed by atoms with E-state index in [-0.39, 0.29) is 34.9 Å². The number of benzene rings is 2. The van der Waals surface area contributed by atoms with Gasteiger partial charge < -0.3 is 9.26 Å². The van der Waals surface area contributed by atoms with Crippen molar-refractivity contribution in [2.75, 3.05) is 4.31 Å². The Labute approximate surface area is 180 Å². The Balaban J connectivity index is 1.54. The SMILES string of the molecule is CC(C)c1noc(COC(=O)c2cccc(S(=O)(=O)N3c4ccccc4CC3C)c2)n1. The number of rotatable bonds is 6. The van der Waals surface area contributed by atoms with E-state index in [1.54, 1.807) is 6.07 Å². The molecule has 3 aromatic rings. The summed E-state index contributed by atoms with van der Waals surface area (Å²) in [6.07, 6.45) is 0.639. The molecule has 162 valence electrons. The Morgan fingerprint density at radius 2 is 2.00 bits per heavy atom. The molecule has 1 aliphatic rings. The fourth-order valence-electron chi connectivity index (χ4n) is 3.57. The van der Waals surface area contributed by atoms with Crippen LogP contribution in [0.3, 0.4) is 0 Å². The number of ether oxygens (including phenoxy) is 1. The summed E-state index contributed by atoms with van der Waals surface area (Å²) in [5.74, 6) is 0.131. The monoisotopic (exact) mass is 441 g/mol. The van der Waals surface area contributed by atoms with Gasteiger partial charge in [0.1, 0.15) is 0 Å². The highest BCUT2D eigenvalue weighted by Crippen LogP contribution is 2.36. The molecule has 9 heteroatoms. The van der Waals surface area contributed by atoms with Gasteiger partial charge in [-0.1, -0.05) is 43.3 Å². The first-order chi connectivity index (χ1) is 14.8. The molecule has 1 atom stereocenters. The van der Waals surface area contributed by atoms with Crippen LogP contribution in [0.2, 0.25) is 0 Å². The number of sulfonamides is 1. The number of esters is 1. The van der Waals surface area contributed by atoms with Crippen molar-refractivity contribution in [1.29, 1.82) is 0 Å². The van der Waals surface area contributed by atoms with Gasteiger partial charge in [-0.25, -0.2) is 13.2 Å². The Kier molecular flexibility index (Phi) is 5.53. The summed E-state index contributed by atoms with van der Waals surface area (Å²) in [6, 6.07) is 13.1. The number of anilines is 1. The summed E-state index contributed by atoms with van der Waals surface area (Å²) in [7, 11) is -3.85. The van der Waals surface area contributed by atoms with Crippen molar-refractivity contribution in [3.05, 3.63) is 71.4 Å². The van der Waals surface area contributed by atoms with Gasteiger partial charge in [-0.15, -0.1) is 0 Å². The molecule has 0 aliphatic carbocycles. The van der Waals surface area contributed by atoms with Crippen LogP contribution in [0, 0.1) is 0 Å². The number of hydrogen-bond donors (Lipinski definition) is 0. The highest BCUT2D eigenvalue weighted by molar-refractivity contribution is 7.92. The molecule has 0 fully saturated rings. The molecule has 1 unspecified atom stereocenters. The van der Waals surface area contributed by atoms with Gasteiger partial charge in [-0.3, -0.25) is 4.31 Å². The van der Waals surface area contributed by atoms with Gasteiger partial charge in [0.2, 0.25) is 0 Å². The highest BCUT2D eigenvalue weighted by atomic mass is 32.2. The molecule has 0 radical (unpaired) electrons. The third-order valence-corrected chi connectivity index (χ3v) is 7.02. The molecule has 8 nitrogen and oxygen atoms in total. The number of aromatic nitrogens is 2. The van der Waals surface area contributed by atoms with Crippen LogP contribution >= 0.6 is 0 Å². The molecule has 0 saturated carbocycles. The first-order valence-electron chi connectivity index (χ1n) is 9.99. The van der Waals surface area contributed by atoms with Crippen molar-refractivity contribution in [3.8, 4) is 0 Å². The van der Waals surface area contributed by atoms with Crippen molar-refractivity contribution < 1.29 is 22.5 Å². The average molecular weight is 442 g/mol. The van der Waals surface area contributed by atoms with Crippen LogP contribution < -0.4 is 4.31 Å². The van der Waals surface area contributed by atoms with Crippen LogP contribution in [0.1, 0.15) is 54.3 Å². The van der Waals surface area contributed by atoms with Gasteiger partial charge in [-0.05, 0) is 43.2 Å². The molecular formula is C22H23N3O5S. The first kappa shape index (κ1) is 21.0. The fourth-order valence-corrected chi connectivity index (χ4v) is 5.31. The summed E-state index contributed by atoms with van der Waals surface area (Å²) in [5, 5.41) is 3.82. The summed E-state index contributed by atoms with van der Waals surface area (Å²) in [5.41, 5.74) is 1.78. The van der Waals surface area contributed by atoms with Gasteiger partial charge in [0.25, 0.3) is 15.9 Å². The maximum atomic E-state index is 13.4. The van der Waals surface area contributed by atoms with Crippen LogP contribution in [0.4, 0.5) is 5.69 Å². The molecule has 2 aromatic carbocycles. The largest absolute Gasteiger partial charge is 0.452 e. The molecule has 0 spiro atoms. The van der Waals surface area contributed by atoms with Gasteiger partial charge >= 0.3 is 5.97 Å². The molecule has 0 saturated heterocycles. The molecule has 1 aromatic heterocycles. The van der Waals surface area contributed by atoms with E-state index < -0.39 is 16.0 Å². The van der Waals surface area contributed by atoms with Crippen molar-refractivity contribution in [2.45, 2.75) is 50.7 Å². The number of para-hydroxylation sites is 1. The zero-order chi connectivity index (χ0) is 22.2. The van der Waals surface area contributed by atoms with E-state index in [9.17, 15) is 13.2 Å². The summed E-state index contributed by atoms with van der Waals surface area (Å²) in [6.45, 7) is 5.52. The van der Waals surface area contributed by atoms with E-state index in [1.807, 2.05) is 39.0 Å². The summed E-state index contributed by atoms with van der Waals surface area (Å²) < 4.78 is 38.4. The Morgan fingerprint density at radius 1 is 1.23 bits per heavy atom. The Bertz CT molecular complexity index is 1220. The third-order valence-electron chi connectivity index (χ3n) is 5.10. The fraction of sp³-hybridized carbons (Fsp3) is 0.318. The lowest BCUT2D eigenvalue weighted by molar-refractivity contribution is 0.0429. The molecule has 1 aliphatic heterocycles. The number of nitrogens with zero attached hydrogens (tertiary/aromatic N) is 3. The molecule has 0 amide bonds. The molecule has 0 bridgehead atoms. The third kappa shape index (κ3) is 4.05. The first-order valence-corrected chi connectivity index (χ1v) is 11.4. The van der Waals surface area contributed by atoms with Gasteiger partial charge in [-0.2, -0.15) is 4.98 Å². The van der Waals surface area contributed by atoms with Crippen LogP contribution in [0.15, 0.2) is 57.9 Å². The van der Waals surface area contributed by atoms with E-state index in [2.05, 4.69) is 10.1 Å². The molecular weight excluding hydrogens is 418 g/mol. The highest BCUT2D eigenvalue weighted by Gasteiger charge is 2.36. The molecule has 2 heterocycles. The quantitative estimate of drug-likeness (QED) is 0.538. The minimum absolute atomic E-state index is 0.0328. The zero-order valence-electron chi connectivity index (χ0n) is 17.5. The topological polar surface area (TPSA) is 103 Å². The van der Waals surface area contributed by atoms with Crippen LogP contribution in [0.25, 0.3) is 0 Å². The van der Waals surface area contributed by atoms with E-state index in [1.165, 1.54) is 28.6 Å². The van der Waals surface area contributed by atoms with Crippen molar-refractivity contribution >= 4 is 21.7 Å². The Hall–Kier alpha value is -3.20. The number of carbonyl (C=O) groups excluding carboxylic acids is 1. The number of hydrogen-bond acceptors (Lipinski definition) is 7. The summed E-state index contributed by atoms with van der Waals surface area (Å²) >= 11 is 0. The number of fused-ring (bicyclic) bond motifs is 1. The van der Waals surface area contributed by atoms with E-state index >= 15 is 0 Å². The molecule has 31 heavy (non-hydrogen) atoms. The Morgan fingerprint density at radius 3 is 2.74 bits per heavy atom. The minimum atomic E-state index is -3.85. The van der Waals surface area contributed by atoms with Crippen molar-refractivity contribution in [2.24, 2.45) is 0 Å². The van der Waals surface area contributed by atoms with Crippen LogP contribution in [-0.2, 0) is 27.8 Å². The second kappa shape index (κ2) is 8.14. The maximum absolute atomic E-state index is 13.4. The van der Waals surface area contributed by atoms with Crippen LogP contribution in [-0.4, -0.2) is 30.6 Å². The van der Waals surface area contributed by atoms with Crippen molar-refractivity contribution in [3.63, 3.8) is 0 Å². The molecule has 0 N–H and O–H groups in total. The number of carbonyl (C=O) groups is 1. The van der Waals surface area contributed by atoms with Gasteiger partial charge in [0.05, 0.1) is 16.1 Å².